The number of likely N-dealkylation sites (N-methyl/N-ethyl adjacent to an activating group) is 1. The average Bonchev–Trinajstić information content (AvgIpc) is 3.16. The van der Waals surface area contributed by atoms with Gasteiger partial charge in [0.1, 0.15) is 0 Å². The summed E-state index contributed by atoms with van der Waals surface area (Å²) in [5.74, 6) is 0.686. The van der Waals surface area contributed by atoms with Crippen molar-refractivity contribution in [3.8, 4) is 0 Å². The summed E-state index contributed by atoms with van der Waals surface area (Å²) in [6, 6.07) is 16.5. The van der Waals surface area contributed by atoms with Crippen LogP contribution in [0.4, 0.5) is 0 Å². The van der Waals surface area contributed by atoms with Crippen molar-refractivity contribution in [3.05, 3.63) is 71.4 Å². The van der Waals surface area contributed by atoms with Gasteiger partial charge in [0, 0.05) is 43.8 Å². The Bertz CT molecular complexity index is 993. The molecule has 0 aliphatic heterocycles. The maximum atomic E-state index is 12.6. The molecule has 0 atom stereocenters. The van der Waals surface area contributed by atoms with Crippen LogP contribution in [0.2, 0.25) is 0 Å². The first-order chi connectivity index (χ1) is 14.6. The molecule has 6 heteroatoms. The van der Waals surface area contributed by atoms with E-state index in [1.165, 1.54) is 16.5 Å². The number of aryl methyl sites for hydroxylation is 1. The molecule has 0 saturated heterocycles. The highest BCUT2D eigenvalue weighted by Crippen LogP contribution is 2.19. The fraction of sp³-hybridized carbons (Fsp3) is 0.333. The van der Waals surface area contributed by atoms with Gasteiger partial charge in [-0.2, -0.15) is 0 Å². The molecule has 0 saturated carbocycles. The molecule has 2 aromatic carbocycles. The largest absolute Gasteiger partial charge is 0.361 e. The number of guanidine groups is 1. The Kier molecular flexibility index (Phi) is 7.49. The van der Waals surface area contributed by atoms with Gasteiger partial charge >= 0.3 is 0 Å². The zero-order chi connectivity index (χ0) is 21.3. The van der Waals surface area contributed by atoms with E-state index >= 15 is 0 Å². The zero-order valence-corrected chi connectivity index (χ0v) is 18.0. The molecule has 1 aromatic heterocycles. The predicted octanol–water partition coefficient (Wildman–Crippen LogP) is 3.23. The number of hydrogen-bond acceptors (Lipinski definition) is 2. The highest BCUT2D eigenvalue weighted by molar-refractivity contribution is 5.87. The number of fused-ring (bicyclic) bond motifs is 1. The zero-order valence-electron chi connectivity index (χ0n) is 18.0. The van der Waals surface area contributed by atoms with Gasteiger partial charge in [-0.3, -0.25) is 9.79 Å². The smallest absolute Gasteiger partial charge is 0.242 e. The van der Waals surface area contributed by atoms with Gasteiger partial charge in [0.15, 0.2) is 5.96 Å². The minimum atomic E-state index is 0.0521. The topological polar surface area (TPSA) is 72.5 Å². The molecule has 1 amide bonds. The number of hydrogen-bond donors (Lipinski definition) is 3. The van der Waals surface area contributed by atoms with Gasteiger partial charge in [-0.25, -0.2) is 0 Å². The van der Waals surface area contributed by atoms with E-state index in [-0.39, 0.29) is 12.5 Å². The number of carbonyl (C=O) groups is 1. The number of nitrogens with zero attached hydrogens (tertiary/aromatic N) is 2. The number of carbonyl (C=O) groups excluding carboxylic acids is 1. The molecule has 30 heavy (non-hydrogen) atoms. The lowest BCUT2D eigenvalue weighted by molar-refractivity contribution is -0.130. The van der Waals surface area contributed by atoms with Crippen LogP contribution in [-0.4, -0.2) is 48.4 Å². The van der Waals surface area contributed by atoms with E-state index in [2.05, 4.69) is 51.9 Å². The van der Waals surface area contributed by atoms with E-state index in [1.54, 1.807) is 7.05 Å². The van der Waals surface area contributed by atoms with Crippen LogP contribution in [0.15, 0.2) is 59.7 Å². The van der Waals surface area contributed by atoms with Crippen LogP contribution in [0.3, 0.4) is 0 Å². The Labute approximate surface area is 178 Å². The van der Waals surface area contributed by atoms with Crippen molar-refractivity contribution < 1.29 is 4.79 Å². The summed E-state index contributed by atoms with van der Waals surface area (Å²) in [5, 5.41) is 7.68. The monoisotopic (exact) mass is 405 g/mol. The van der Waals surface area contributed by atoms with E-state index in [1.807, 2.05) is 42.2 Å². The number of aliphatic imine (C=N–C) groups is 1. The summed E-state index contributed by atoms with van der Waals surface area (Å²) in [6.07, 6.45) is 2.93. The maximum Gasteiger partial charge on any atom is 0.242 e. The SMILES string of the molecule is CCN(Cc1ccccc1)C(=O)CNC(=NC)NCCc1c[nH]c2cc(C)ccc12. The molecule has 158 valence electrons. The molecule has 0 radical (unpaired) electrons. The van der Waals surface area contributed by atoms with Gasteiger partial charge in [-0.1, -0.05) is 42.5 Å². The molecule has 0 spiro atoms. The normalized spacial score (nSPS) is 11.5. The highest BCUT2D eigenvalue weighted by Gasteiger charge is 2.12. The second kappa shape index (κ2) is 10.5. The van der Waals surface area contributed by atoms with Crippen LogP contribution in [-0.2, 0) is 17.8 Å². The third-order valence-corrected chi connectivity index (χ3v) is 5.19. The summed E-state index contributed by atoms with van der Waals surface area (Å²) >= 11 is 0. The molecular weight excluding hydrogens is 374 g/mol. The molecule has 0 unspecified atom stereocenters. The lowest BCUT2D eigenvalue weighted by Gasteiger charge is -2.22. The Morgan fingerprint density at radius 3 is 2.67 bits per heavy atom. The lowest BCUT2D eigenvalue weighted by Crippen LogP contribution is -2.44. The minimum Gasteiger partial charge on any atom is -0.361 e. The maximum absolute atomic E-state index is 12.6. The van der Waals surface area contributed by atoms with Crippen LogP contribution in [0.5, 0.6) is 0 Å². The fourth-order valence-corrected chi connectivity index (χ4v) is 3.49. The molecule has 3 N–H and O–H groups in total. The number of nitrogens with one attached hydrogen (secondary N) is 3. The van der Waals surface area contributed by atoms with Crippen molar-refractivity contribution in [3.63, 3.8) is 0 Å². The molecule has 3 aromatic rings. The first kappa shape index (κ1) is 21.4. The Morgan fingerprint density at radius 2 is 1.93 bits per heavy atom. The van der Waals surface area contributed by atoms with Crippen molar-refractivity contribution in [2.45, 2.75) is 26.8 Å². The number of aromatic nitrogens is 1. The molecule has 0 fully saturated rings. The van der Waals surface area contributed by atoms with Gasteiger partial charge in [0.2, 0.25) is 5.91 Å². The number of aromatic amines is 1. The van der Waals surface area contributed by atoms with Crippen LogP contribution in [0.1, 0.15) is 23.6 Å². The second-order valence-corrected chi connectivity index (χ2v) is 7.36. The van der Waals surface area contributed by atoms with Crippen LogP contribution in [0.25, 0.3) is 10.9 Å². The quantitative estimate of drug-likeness (QED) is 0.398. The van der Waals surface area contributed by atoms with Crippen molar-refractivity contribution >= 4 is 22.8 Å². The van der Waals surface area contributed by atoms with Crippen molar-refractivity contribution in [2.24, 2.45) is 4.99 Å². The molecular formula is C24H31N5O. The standard InChI is InChI=1S/C24H31N5O/c1-4-29(17-19-8-6-5-7-9-19)23(30)16-28-24(25-3)26-13-12-20-15-27-22-14-18(2)10-11-21(20)22/h5-11,14-15,27H,4,12-13,16-17H2,1-3H3,(H2,25,26,28). The van der Waals surface area contributed by atoms with Gasteiger partial charge < -0.3 is 20.5 Å². The van der Waals surface area contributed by atoms with Crippen molar-refractivity contribution in [1.82, 2.24) is 20.5 Å². The summed E-state index contributed by atoms with van der Waals surface area (Å²) in [7, 11) is 1.72. The lowest BCUT2D eigenvalue weighted by atomic mass is 10.1. The molecule has 6 nitrogen and oxygen atoms in total. The summed E-state index contributed by atoms with van der Waals surface area (Å²) < 4.78 is 0. The molecule has 1 heterocycles. The van der Waals surface area contributed by atoms with Crippen LogP contribution in [0, 0.1) is 6.92 Å². The van der Waals surface area contributed by atoms with Crippen LogP contribution < -0.4 is 10.6 Å². The predicted molar refractivity (Wildman–Crippen MR) is 124 cm³/mol. The Balaban J connectivity index is 1.47. The Hall–Kier alpha value is -3.28. The third-order valence-electron chi connectivity index (χ3n) is 5.19. The molecule has 0 bridgehead atoms. The van der Waals surface area contributed by atoms with Gasteiger partial charge in [-0.05, 0) is 43.0 Å². The Morgan fingerprint density at radius 1 is 1.13 bits per heavy atom. The number of amides is 1. The first-order valence-electron chi connectivity index (χ1n) is 10.4. The average molecular weight is 406 g/mol. The van der Waals surface area contributed by atoms with Gasteiger partial charge in [0.25, 0.3) is 0 Å². The van der Waals surface area contributed by atoms with Crippen molar-refractivity contribution in [2.75, 3.05) is 26.7 Å². The number of H-pyrrole nitrogens is 1. The molecule has 0 aliphatic rings. The minimum absolute atomic E-state index is 0.0521. The van der Waals surface area contributed by atoms with E-state index in [4.69, 9.17) is 0 Å². The summed E-state index contributed by atoms with van der Waals surface area (Å²) in [5.41, 5.74) is 4.81. The van der Waals surface area contributed by atoms with E-state index < -0.39 is 0 Å². The number of benzene rings is 2. The second-order valence-electron chi connectivity index (χ2n) is 7.36. The van der Waals surface area contributed by atoms with E-state index in [0.29, 0.717) is 19.0 Å². The highest BCUT2D eigenvalue weighted by atomic mass is 16.2. The number of rotatable bonds is 8. The molecule has 0 aliphatic carbocycles. The van der Waals surface area contributed by atoms with E-state index in [0.717, 1.165) is 24.0 Å². The molecule has 3 rings (SSSR count). The van der Waals surface area contributed by atoms with Crippen LogP contribution >= 0.6 is 0 Å². The van der Waals surface area contributed by atoms with Crippen molar-refractivity contribution in [1.29, 1.82) is 0 Å². The third kappa shape index (κ3) is 5.63. The summed E-state index contributed by atoms with van der Waals surface area (Å²) in [6.45, 7) is 6.32. The fourth-order valence-electron chi connectivity index (χ4n) is 3.49. The van der Waals surface area contributed by atoms with Gasteiger partial charge in [0.05, 0.1) is 6.54 Å². The summed E-state index contributed by atoms with van der Waals surface area (Å²) in [4.78, 5) is 22.0. The first-order valence-corrected chi connectivity index (χ1v) is 10.4. The van der Waals surface area contributed by atoms with Gasteiger partial charge in [-0.15, -0.1) is 0 Å². The van der Waals surface area contributed by atoms with E-state index in [9.17, 15) is 4.79 Å².